The maximum atomic E-state index is 12.7. The lowest BCUT2D eigenvalue weighted by atomic mass is 9.49. The lowest BCUT2D eigenvalue weighted by Gasteiger charge is -2.55. The standard InChI is InChI=1S/C17H27NO3/c1-10(2)14(15(19)20)9-18-16(21)17-6-11-3-12(7-17)5-13(4-11)8-17/h10-14H,3-9H2,1-2H3,(H,18,21)(H,19,20). The second-order valence-electron chi connectivity index (χ2n) is 8.10. The summed E-state index contributed by atoms with van der Waals surface area (Å²) in [6.07, 6.45) is 7.04. The number of nitrogens with one attached hydrogen (secondary N) is 1. The van der Waals surface area contributed by atoms with E-state index in [1.165, 1.54) is 19.3 Å². The highest BCUT2D eigenvalue weighted by Crippen LogP contribution is 2.60. The summed E-state index contributed by atoms with van der Waals surface area (Å²) in [7, 11) is 0. The van der Waals surface area contributed by atoms with Gasteiger partial charge in [0.15, 0.2) is 0 Å². The lowest BCUT2D eigenvalue weighted by Crippen LogP contribution is -2.54. The summed E-state index contributed by atoms with van der Waals surface area (Å²) in [5.74, 6) is 1.10. The minimum atomic E-state index is -0.809. The Hall–Kier alpha value is -1.06. The topological polar surface area (TPSA) is 66.4 Å². The van der Waals surface area contributed by atoms with Crippen molar-refractivity contribution >= 4 is 11.9 Å². The Morgan fingerprint density at radius 3 is 1.95 bits per heavy atom. The van der Waals surface area contributed by atoms with Gasteiger partial charge in [-0.3, -0.25) is 9.59 Å². The fourth-order valence-corrected chi connectivity index (χ4v) is 5.39. The van der Waals surface area contributed by atoms with Crippen LogP contribution in [-0.2, 0) is 9.59 Å². The highest BCUT2D eigenvalue weighted by Gasteiger charge is 2.54. The number of carboxylic acid groups (broad SMARTS) is 1. The Labute approximate surface area is 126 Å². The molecule has 4 rings (SSSR count). The molecule has 0 aromatic carbocycles. The Morgan fingerprint density at radius 1 is 1.10 bits per heavy atom. The fourth-order valence-electron chi connectivity index (χ4n) is 5.39. The van der Waals surface area contributed by atoms with Crippen LogP contribution in [0.1, 0.15) is 52.4 Å². The molecule has 0 aromatic rings. The van der Waals surface area contributed by atoms with Gasteiger partial charge >= 0.3 is 5.97 Å². The van der Waals surface area contributed by atoms with Crippen LogP contribution < -0.4 is 5.32 Å². The van der Waals surface area contributed by atoms with E-state index in [4.69, 9.17) is 0 Å². The Balaban J connectivity index is 1.64. The average molecular weight is 293 g/mol. The van der Waals surface area contributed by atoms with E-state index >= 15 is 0 Å². The minimum absolute atomic E-state index is 0.0409. The molecule has 1 amide bonds. The van der Waals surface area contributed by atoms with Crippen molar-refractivity contribution in [3.8, 4) is 0 Å². The fraction of sp³-hybridized carbons (Fsp3) is 0.882. The number of carboxylic acids is 1. The number of hydrogen-bond donors (Lipinski definition) is 2. The molecule has 0 heterocycles. The second-order valence-corrected chi connectivity index (χ2v) is 8.10. The van der Waals surface area contributed by atoms with E-state index in [0.717, 1.165) is 37.0 Å². The van der Waals surface area contributed by atoms with Gasteiger partial charge in [-0.1, -0.05) is 13.8 Å². The molecule has 4 heteroatoms. The molecule has 2 N–H and O–H groups in total. The number of hydrogen-bond acceptors (Lipinski definition) is 2. The molecule has 0 spiro atoms. The first-order valence-corrected chi connectivity index (χ1v) is 8.41. The first-order valence-electron chi connectivity index (χ1n) is 8.41. The highest BCUT2D eigenvalue weighted by atomic mass is 16.4. The van der Waals surface area contributed by atoms with Crippen molar-refractivity contribution in [2.45, 2.75) is 52.4 Å². The summed E-state index contributed by atoms with van der Waals surface area (Å²) in [6.45, 7) is 4.07. The van der Waals surface area contributed by atoms with Crippen molar-refractivity contribution in [2.24, 2.45) is 35.0 Å². The molecular weight excluding hydrogens is 266 g/mol. The van der Waals surface area contributed by atoms with E-state index < -0.39 is 11.9 Å². The van der Waals surface area contributed by atoms with Gasteiger partial charge in [-0.2, -0.15) is 0 Å². The predicted molar refractivity (Wildman–Crippen MR) is 79.6 cm³/mol. The van der Waals surface area contributed by atoms with E-state index in [2.05, 4.69) is 5.32 Å². The maximum Gasteiger partial charge on any atom is 0.308 e. The zero-order valence-electron chi connectivity index (χ0n) is 13.1. The van der Waals surface area contributed by atoms with Crippen LogP contribution in [0.25, 0.3) is 0 Å². The molecule has 0 radical (unpaired) electrons. The van der Waals surface area contributed by atoms with Crippen LogP contribution in [0.3, 0.4) is 0 Å². The van der Waals surface area contributed by atoms with Crippen LogP contribution in [0.15, 0.2) is 0 Å². The molecule has 1 unspecified atom stereocenters. The zero-order valence-corrected chi connectivity index (χ0v) is 13.1. The number of rotatable bonds is 5. The van der Waals surface area contributed by atoms with Crippen LogP contribution in [0.4, 0.5) is 0 Å². The first kappa shape index (κ1) is 14.9. The molecule has 4 fully saturated rings. The van der Waals surface area contributed by atoms with Crippen LogP contribution in [0.5, 0.6) is 0 Å². The molecule has 0 aliphatic heterocycles. The third kappa shape index (κ3) is 2.69. The number of aliphatic carboxylic acids is 1. The summed E-state index contributed by atoms with van der Waals surface area (Å²) in [4.78, 5) is 24.0. The molecule has 0 saturated heterocycles. The summed E-state index contributed by atoms with van der Waals surface area (Å²) in [5.41, 5.74) is -0.172. The van der Waals surface area contributed by atoms with Crippen molar-refractivity contribution in [3.63, 3.8) is 0 Å². The quantitative estimate of drug-likeness (QED) is 0.819. The van der Waals surface area contributed by atoms with Gasteiger partial charge in [-0.25, -0.2) is 0 Å². The molecule has 21 heavy (non-hydrogen) atoms. The Morgan fingerprint density at radius 2 is 1.57 bits per heavy atom. The van der Waals surface area contributed by atoms with Crippen molar-refractivity contribution in [3.05, 3.63) is 0 Å². The monoisotopic (exact) mass is 293 g/mol. The SMILES string of the molecule is CC(C)C(CNC(=O)C12CC3CC(CC(C3)C1)C2)C(=O)O. The van der Waals surface area contributed by atoms with Crippen molar-refractivity contribution in [1.29, 1.82) is 0 Å². The predicted octanol–water partition coefficient (Wildman–Crippen LogP) is 2.68. The molecule has 4 bridgehead atoms. The van der Waals surface area contributed by atoms with Crippen LogP contribution in [0, 0.1) is 35.0 Å². The molecule has 4 nitrogen and oxygen atoms in total. The highest BCUT2D eigenvalue weighted by molar-refractivity contribution is 5.83. The Bertz CT molecular complexity index is 408. The molecule has 4 aliphatic carbocycles. The molecule has 1 atom stereocenters. The maximum absolute atomic E-state index is 12.7. The van der Waals surface area contributed by atoms with Crippen LogP contribution in [-0.4, -0.2) is 23.5 Å². The second kappa shape index (κ2) is 5.29. The van der Waals surface area contributed by atoms with Gasteiger partial charge in [-0.05, 0) is 62.2 Å². The van der Waals surface area contributed by atoms with Gasteiger partial charge in [0.25, 0.3) is 0 Å². The zero-order chi connectivity index (χ0) is 15.2. The van der Waals surface area contributed by atoms with E-state index in [0.29, 0.717) is 0 Å². The third-order valence-electron chi connectivity index (χ3n) is 6.12. The smallest absolute Gasteiger partial charge is 0.308 e. The normalized spacial score (nSPS) is 38.5. The van der Waals surface area contributed by atoms with Gasteiger partial charge in [0, 0.05) is 12.0 Å². The van der Waals surface area contributed by atoms with Crippen molar-refractivity contribution in [1.82, 2.24) is 5.32 Å². The average Bonchev–Trinajstić information content (AvgIpc) is 2.36. The van der Waals surface area contributed by atoms with Crippen molar-refractivity contribution < 1.29 is 14.7 Å². The first-order chi connectivity index (χ1) is 9.89. The van der Waals surface area contributed by atoms with Crippen LogP contribution in [0.2, 0.25) is 0 Å². The minimum Gasteiger partial charge on any atom is -0.481 e. The third-order valence-corrected chi connectivity index (χ3v) is 6.12. The van der Waals surface area contributed by atoms with Crippen LogP contribution >= 0.6 is 0 Å². The molecule has 4 saturated carbocycles. The van der Waals surface area contributed by atoms with Gasteiger partial charge in [-0.15, -0.1) is 0 Å². The van der Waals surface area contributed by atoms with E-state index in [1.807, 2.05) is 13.8 Å². The summed E-state index contributed by atoms with van der Waals surface area (Å²) in [6, 6.07) is 0. The number of amides is 1. The van der Waals surface area contributed by atoms with Gasteiger partial charge in [0.05, 0.1) is 5.92 Å². The van der Waals surface area contributed by atoms with Gasteiger partial charge in [0.1, 0.15) is 0 Å². The molecule has 4 aliphatic rings. The Kier molecular flexibility index (Phi) is 3.74. The molecule has 118 valence electrons. The number of carbonyl (C=O) groups is 2. The van der Waals surface area contributed by atoms with Gasteiger partial charge < -0.3 is 10.4 Å². The van der Waals surface area contributed by atoms with Gasteiger partial charge in [0.2, 0.25) is 5.91 Å². The largest absolute Gasteiger partial charge is 0.481 e. The van der Waals surface area contributed by atoms with Crippen molar-refractivity contribution in [2.75, 3.05) is 6.54 Å². The van der Waals surface area contributed by atoms with E-state index in [-0.39, 0.29) is 23.8 Å². The summed E-state index contributed by atoms with van der Waals surface area (Å²) >= 11 is 0. The lowest BCUT2D eigenvalue weighted by molar-refractivity contribution is -0.148. The number of carbonyl (C=O) groups excluding carboxylic acids is 1. The van der Waals surface area contributed by atoms with E-state index in [1.54, 1.807) is 0 Å². The molecule has 0 aromatic heterocycles. The molecular formula is C17H27NO3. The van der Waals surface area contributed by atoms with E-state index in [9.17, 15) is 14.7 Å². The summed E-state index contributed by atoms with van der Waals surface area (Å²) < 4.78 is 0. The summed E-state index contributed by atoms with van der Waals surface area (Å²) in [5, 5.41) is 12.2.